The summed E-state index contributed by atoms with van der Waals surface area (Å²) in [7, 11) is 0. The maximum atomic E-state index is 9.13. The quantitative estimate of drug-likeness (QED) is 0.765. The highest BCUT2D eigenvalue weighted by Crippen LogP contribution is 2.24. The van der Waals surface area contributed by atoms with Crippen LogP contribution in [0.2, 0.25) is 0 Å². The molecule has 1 heterocycles. The van der Waals surface area contributed by atoms with E-state index >= 15 is 0 Å². The lowest BCUT2D eigenvalue weighted by atomic mass is 10.2. The Bertz CT molecular complexity index is 201. The molecule has 0 amide bonds. The molecule has 0 spiro atoms. The highest BCUT2D eigenvalue weighted by molar-refractivity contribution is 4.77. The number of aliphatic hydroxyl groups is 1. The third-order valence-corrected chi connectivity index (χ3v) is 3.78. The van der Waals surface area contributed by atoms with E-state index < -0.39 is 0 Å². The summed E-state index contributed by atoms with van der Waals surface area (Å²) in [6.45, 7) is 3.68. The van der Waals surface area contributed by atoms with E-state index in [1.165, 1.54) is 25.7 Å². The topological polar surface area (TPSA) is 41.9 Å². The van der Waals surface area contributed by atoms with E-state index in [0.717, 1.165) is 39.1 Å². The van der Waals surface area contributed by atoms with Gasteiger partial charge in [0.2, 0.25) is 0 Å². The fourth-order valence-corrected chi connectivity index (χ4v) is 2.85. The third kappa shape index (κ3) is 4.21. The summed E-state index contributed by atoms with van der Waals surface area (Å²) in [6.07, 6.45) is 7.16. The van der Waals surface area contributed by atoms with Crippen LogP contribution < -0.4 is 0 Å². The summed E-state index contributed by atoms with van der Waals surface area (Å²) in [6, 6.07) is 0.672. The molecule has 1 aliphatic heterocycles. The molecule has 2 fully saturated rings. The van der Waals surface area contributed by atoms with Crippen molar-refractivity contribution in [3.05, 3.63) is 0 Å². The van der Waals surface area contributed by atoms with Crippen LogP contribution in [-0.2, 0) is 9.47 Å². The van der Waals surface area contributed by atoms with E-state index in [-0.39, 0.29) is 12.9 Å². The molecule has 1 saturated heterocycles. The lowest BCUT2D eigenvalue weighted by molar-refractivity contribution is -0.183. The monoisotopic (exact) mass is 243 g/mol. The Kier molecular flexibility index (Phi) is 5.71. The number of rotatable bonds is 6. The molecule has 0 unspecified atom stereocenters. The molecule has 1 saturated carbocycles. The molecule has 17 heavy (non-hydrogen) atoms. The molecule has 1 aliphatic carbocycles. The van der Waals surface area contributed by atoms with E-state index in [1.54, 1.807) is 0 Å². The van der Waals surface area contributed by atoms with Crippen molar-refractivity contribution in [3.8, 4) is 0 Å². The van der Waals surface area contributed by atoms with Gasteiger partial charge in [-0.05, 0) is 19.3 Å². The zero-order chi connectivity index (χ0) is 11.9. The molecule has 4 nitrogen and oxygen atoms in total. The first-order chi connectivity index (χ1) is 8.40. The average molecular weight is 243 g/mol. The number of nitrogens with zero attached hydrogens (tertiary/aromatic N) is 1. The average Bonchev–Trinajstić information content (AvgIpc) is 2.89. The number of hydrogen-bond donors (Lipinski definition) is 1. The Hall–Kier alpha value is -0.160. The van der Waals surface area contributed by atoms with Crippen LogP contribution in [0.25, 0.3) is 0 Å². The molecule has 2 aliphatic rings. The van der Waals surface area contributed by atoms with Gasteiger partial charge in [-0.2, -0.15) is 0 Å². The molecule has 100 valence electrons. The smallest absolute Gasteiger partial charge is 0.158 e. The molecule has 0 aromatic heterocycles. The number of aliphatic hydroxyl groups excluding tert-OH is 1. The summed E-state index contributed by atoms with van der Waals surface area (Å²) in [5.74, 6) is 0. The van der Waals surface area contributed by atoms with Gasteiger partial charge in [0.1, 0.15) is 0 Å². The zero-order valence-electron chi connectivity index (χ0n) is 10.6. The summed E-state index contributed by atoms with van der Waals surface area (Å²) < 4.78 is 11.1. The maximum Gasteiger partial charge on any atom is 0.158 e. The van der Waals surface area contributed by atoms with Crippen LogP contribution in [-0.4, -0.2) is 55.2 Å². The fraction of sp³-hybridized carbons (Fsp3) is 1.00. The minimum absolute atomic E-state index is 0.0219. The fourth-order valence-electron chi connectivity index (χ4n) is 2.85. The second-order valence-electron chi connectivity index (χ2n) is 5.01. The normalized spacial score (nSPS) is 23.6. The summed E-state index contributed by atoms with van der Waals surface area (Å²) in [4.78, 5) is 2.41. The largest absolute Gasteiger partial charge is 0.395 e. The van der Waals surface area contributed by atoms with Gasteiger partial charge in [0.25, 0.3) is 0 Å². The third-order valence-electron chi connectivity index (χ3n) is 3.78. The van der Waals surface area contributed by atoms with Crippen LogP contribution in [0.4, 0.5) is 0 Å². The van der Waals surface area contributed by atoms with E-state index in [9.17, 15) is 0 Å². The lowest BCUT2D eigenvalue weighted by Crippen LogP contribution is -2.39. The van der Waals surface area contributed by atoms with Gasteiger partial charge in [-0.1, -0.05) is 12.8 Å². The Morgan fingerprint density at radius 3 is 2.35 bits per heavy atom. The van der Waals surface area contributed by atoms with Crippen molar-refractivity contribution < 1.29 is 14.6 Å². The second-order valence-corrected chi connectivity index (χ2v) is 5.01. The predicted molar refractivity (Wildman–Crippen MR) is 65.8 cm³/mol. The molecule has 0 aromatic carbocycles. The minimum Gasteiger partial charge on any atom is -0.395 e. The van der Waals surface area contributed by atoms with Crippen LogP contribution in [0.1, 0.15) is 38.5 Å². The van der Waals surface area contributed by atoms with Gasteiger partial charge in [0, 0.05) is 25.6 Å². The van der Waals surface area contributed by atoms with Crippen molar-refractivity contribution in [2.24, 2.45) is 0 Å². The van der Waals surface area contributed by atoms with Crippen molar-refractivity contribution in [3.63, 3.8) is 0 Å². The van der Waals surface area contributed by atoms with Gasteiger partial charge in [-0.3, -0.25) is 4.90 Å². The first-order valence-electron chi connectivity index (χ1n) is 6.98. The van der Waals surface area contributed by atoms with Gasteiger partial charge < -0.3 is 14.6 Å². The second kappa shape index (κ2) is 7.31. The van der Waals surface area contributed by atoms with Gasteiger partial charge in [-0.15, -0.1) is 0 Å². The lowest BCUT2D eigenvalue weighted by Gasteiger charge is -2.30. The Morgan fingerprint density at radius 2 is 1.71 bits per heavy atom. The van der Waals surface area contributed by atoms with Crippen LogP contribution in [0.5, 0.6) is 0 Å². The highest BCUT2D eigenvalue weighted by atomic mass is 16.7. The van der Waals surface area contributed by atoms with Gasteiger partial charge in [-0.25, -0.2) is 0 Å². The van der Waals surface area contributed by atoms with Crippen molar-refractivity contribution in [2.75, 3.05) is 32.9 Å². The Morgan fingerprint density at radius 1 is 1.00 bits per heavy atom. The number of hydrogen-bond acceptors (Lipinski definition) is 4. The van der Waals surface area contributed by atoms with Crippen molar-refractivity contribution in [1.82, 2.24) is 4.90 Å². The summed E-state index contributed by atoms with van der Waals surface area (Å²) in [5.41, 5.74) is 0. The standard InChI is InChI=1S/C13H25NO3/c15-9-8-14(12-4-1-2-5-12)7-6-13-16-10-3-11-17-13/h12-13,15H,1-11H2. The van der Waals surface area contributed by atoms with Gasteiger partial charge >= 0.3 is 0 Å². The molecular weight excluding hydrogens is 218 g/mol. The zero-order valence-corrected chi connectivity index (χ0v) is 10.6. The van der Waals surface area contributed by atoms with Crippen molar-refractivity contribution >= 4 is 0 Å². The molecular formula is C13H25NO3. The first kappa shape index (κ1) is 13.3. The van der Waals surface area contributed by atoms with E-state index in [4.69, 9.17) is 14.6 Å². The molecule has 0 aromatic rings. The number of ether oxygens (including phenoxy) is 2. The molecule has 2 rings (SSSR count). The first-order valence-corrected chi connectivity index (χ1v) is 6.98. The van der Waals surface area contributed by atoms with Crippen LogP contribution in [0, 0.1) is 0 Å². The van der Waals surface area contributed by atoms with Crippen molar-refractivity contribution in [2.45, 2.75) is 50.9 Å². The van der Waals surface area contributed by atoms with Crippen LogP contribution in [0.15, 0.2) is 0 Å². The molecule has 1 N–H and O–H groups in total. The van der Waals surface area contributed by atoms with Gasteiger partial charge in [0.05, 0.1) is 19.8 Å². The van der Waals surface area contributed by atoms with E-state index in [0.29, 0.717) is 6.04 Å². The van der Waals surface area contributed by atoms with Crippen LogP contribution in [0.3, 0.4) is 0 Å². The SMILES string of the molecule is OCCN(CCC1OCCCO1)C1CCCC1. The molecule has 0 atom stereocenters. The van der Waals surface area contributed by atoms with E-state index in [2.05, 4.69) is 4.90 Å². The van der Waals surface area contributed by atoms with Gasteiger partial charge in [0.15, 0.2) is 6.29 Å². The molecule has 4 heteroatoms. The van der Waals surface area contributed by atoms with Crippen LogP contribution >= 0.6 is 0 Å². The van der Waals surface area contributed by atoms with Crippen molar-refractivity contribution in [1.29, 1.82) is 0 Å². The minimum atomic E-state index is -0.0219. The maximum absolute atomic E-state index is 9.13. The highest BCUT2D eigenvalue weighted by Gasteiger charge is 2.23. The molecule has 0 radical (unpaired) electrons. The Balaban J connectivity index is 1.72. The Labute approximate surface area is 104 Å². The molecule has 0 bridgehead atoms. The van der Waals surface area contributed by atoms with E-state index in [1.807, 2.05) is 0 Å². The predicted octanol–water partition coefficient (Wildman–Crippen LogP) is 1.38. The summed E-state index contributed by atoms with van der Waals surface area (Å²) in [5, 5.41) is 9.13. The summed E-state index contributed by atoms with van der Waals surface area (Å²) >= 11 is 0.